The number of hydrogen-bond acceptors (Lipinski definition) is 6. The van der Waals surface area contributed by atoms with Crippen molar-refractivity contribution in [2.45, 2.75) is 24.5 Å². The van der Waals surface area contributed by atoms with Crippen LogP contribution in [0.4, 0.5) is 5.69 Å². The van der Waals surface area contributed by atoms with Crippen molar-refractivity contribution in [3.05, 3.63) is 30.6 Å². The van der Waals surface area contributed by atoms with E-state index in [9.17, 15) is 15.3 Å². The number of aliphatic hydroxyl groups excluding tert-OH is 3. The Labute approximate surface area is 120 Å². The molecular weight excluding hydrogens is 274 g/mol. The van der Waals surface area contributed by atoms with Crippen LogP contribution >= 0.6 is 0 Å². The van der Waals surface area contributed by atoms with Gasteiger partial charge in [-0.15, -0.1) is 0 Å². The van der Waals surface area contributed by atoms with Gasteiger partial charge in [-0.2, -0.15) is 0 Å². The molecule has 1 aliphatic rings. The Bertz CT molecular complexity index is 684. The molecule has 3 heterocycles. The summed E-state index contributed by atoms with van der Waals surface area (Å²) in [4.78, 5) is 4.27. The summed E-state index contributed by atoms with van der Waals surface area (Å²) in [7, 11) is 0. The third-order valence-corrected chi connectivity index (χ3v) is 3.79. The highest BCUT2D eigenvalue weighted by molar-refractivity contribution is 5.96. The SMILES string of the molecule is C=Cc1cn([C@@H]2O[C@H](CO)[C@H](O)C2O)c2nccc(N)c12. The lowest BCUT2D eigenvalue weighted by Gasteiger charge is -2.17. The highest BCUT2D eigenvalue weighted by Crippen LogP contribution is 2.35. The lowest BCUT2D eigenvalue weighted by molar-refractivity contribution is -0.0508. The third-order valence-electron chi connectivity index (χ3n) is 3.79. The Morgan fingerprint density at radius 2 is 2.19 bits per heavy atom. The second-order valence-corrected chi connectivity index (χ2v) is 5.02. The summed E-state index contributed by atoms with van der Waals surface area (Å²) in [5.74, 6) is 0. The number of aromatic nitrogens is 2. The van der Waals surface area contributed by atoms with Crippen molar-refractivity contribution in [3.8, 4) is 0 Å². The number of rotatable bonds is 3. The monoisotopic (exact) mass is 291 g/mol. The van der Waals surface area contributed by atoms with Gasteiger partial charge in [0.05, 0.1) is 6.61 Å². The molecule has 0 radical (unpaired) electrons. The molecule has 2 aromatic heterocycles. The zero-order valence-corrected chi connectivity index (χ0v) is 11.3. The molecule has 1 aliphatic heterocycles. The molecule has 5 N–H and O–H groups in total. The predicted molar refractivity (Wildman–Crippen MR) is 77.2 cm³/mol. The molecule has 0 saturated carbocycles. The largest absolute Gasteiger partial charge is 0.398 e. The van der Waals surface area contributed by atoms with Crippen LogP contribution in [0.5, 0.6) is 0 Å². The smallest absolute Gasteiger partial charge is 0.164 e. The molecular formula is C14H17N3O4. The molecule has 21 heavy (non-hydrogen) atoms. The van der Waals surface area contributed by atoms with Gasteiger partial charge in [0.15, 0.2) is 6.23 Å². The fraction of sp³-hybridized carbons (Fsp3) is 0.357. The van der Waals surface area contributed by atoms with Crippen LogP contribution in [-0.4, -0.2) is 49.8 Å². The molecule has 0 spiro atoms. The number of nitrogens with zero attached hydrogens (tertiary/aromatic N) is 2. The number of ether oxygens (including phenoxy) is 1. The van der Waals surface area contributed by atoms with Crippen molar-refractivity contribution in [2.24, 2.45) is 0 Å². The van der Waals surface area contributed by atoms with E-state index in [1.54, 1.807) is 29.1 Å². The van der Waals surface area contributed by atoms with E-state index in [0.717, 1.165) is 5.56 Å². The molecule has 112 valence electrons. The van der Waals surface area contributed by atoms with Gasteiger partial charge < -0.3 is 30.4 Å². The van der Waals surface area contributed by atoms with Crippen LogP contribution in [-0.2, 0) is 4.74 Å². The van der Waals surface area contributed by atoms with Crippen molar-refractivity contribution in [2.75, 3.05) is 12.3 Å². The highest BCUT2D eigenvalue weighted by atomic mass is 16.6. The molecule has 1 unspecified atom stereocenters. The van der Waals surface area contributed by atoms with E-state index in [1.165, 1.54) is 0 Å². The predicted octanol–water partition coefficient (Wildman–Crippen LogP) is -0.127. The van der Waals surface area contributed by atoms with Crippen LogP contribution < -0.4 is 5.73 Å². The van der Waals surface area contributed by atoms with Crippen LogP contribution in [0.2, 0.25) is 0 Å². The molecule has 1 fully saturated rings. The Morgan fingerprint density at radius 1 is 1.43 bits per heavy atom. The molecule has 0 aromatic carbocycles. The molecule has 2 aromatic rings. The Hall–Kier alpha value is -1.93. The van der Waals surface area contributed by atoms with Gasteiger partial charge in [-0.1, -0.05) is 12.7 Å². The molecule has 7 nitrogen and oxygen atoms in total. The summed E-state index contributed by atoms with van der Waals surface area (Å²) in [6.45, 7) is 3.36. The van der Waals surface area contributed by atoms with Gasteiger partial charge in [0, 0.05) is 29.0 Å². The van der Waals surface area contributed by atoms with Gasteiger partial charge in [0.2, 0.25) is 0 Å². The Balaban J connectivity index is 2.14. The van der Waals surface area contributed by atoms with Gasteiger partial charge in [-0.25, -0.2) is 4.98 Å². The summed E-state index contributed by atoms with van der Waals surface area (Å²) in [6.07, 6.45) is 0.893. The van der Waals surface area contributed by atoms with Crippen LogP contribution in [0.3, 0.4) is 0 Å². The first kappa shape index (κ1) is 14.0. The summed E-state index contributed by atoms with van der Waals surface area (Å²) >= 11 is 0. The van der Waals surface area contributed by atoms with Crippen LogP contribution in [0.25, 0.3) is 17.1 Å². The van der Waals surface area contributed by atoms with Crippen molar-refractivity contribution < 1.29 is 20.1 Å². The lowest BCUT2D eigenvalue weighted by Crippen LogP contribution is -2.33. The van der Waals surface area contributed by atoms with Crippen LogP contribution in [0.15, 0.2) is 25.0 Å². The number of pyridine rings is 1. The highest BCUT2D eigenvalue weighted by Gasteiger charge is 2.43. The summed E-state index contributed by atoms with van der Waals surface area (Å²) < 4.78 is 7.13. The topological polar surface area (TPSA) is 114 Å². The Morgan fingerprint density at radius 3 is 2.81 bits per heavy atom. The molecule has 7 heteroatoms. The van der Waals surface area contributed by atoms with Gasteiger partial charge in [0.1, 0.15) is 24.0 Å². The number of fused-ring (bicyclic) bond motifs is 1. The maximum absolute atomic E-state index is 10.1. The standard InChI is InChI=1S/C14H17N3O4/c1-2-7-5-17(13-10(7)8(15)3-4-16-13)14-12(20)11(19)9(6-18)21-14/h2-5,9,11-12,14,18-20H,1,6H2,(H2,15,16)/t9-,11+,12?,14-/m1/s1. The second kappa shape index (κ2) is 5.12. The first-order valence-electron chi connectivity index (χ1n) is 6.58. The van der Waals surface area contributed by atoms with Crippen molar-refractivity contribution in [1.29, 1.82) is 0 Å². The van der Waals surface area contributed by atoms with Crippen molar-refractivity contribution in [1.82, 2.24) is 9.55 Å². The van der Waals surface area contributed by atoms with Gasteiger partial charge in [-0.3, -0.25) is 0 Å². The summed E-state index contributed by atoms with van der Waals surface area (Å²) in [5, 5.41) is 29.9. The average molecular weight is 291 g/mol. The summed E-state index contributed by atoms with van der Waals surface area (Å²) in [6, 6.07) is 1.68. The van der Waals surface area contributed by atoms with E-state index in [1.807, 2.05) is 0 Å². The number of aliphatic hydroxyl groups is 3. The lowest BCUT2D eigenvalue weighted by atomic mass is 10.1. The number of anilines is 1. The number of nitrogens with two attached hydrogens (primary N) is 1. The molecule has 3 rings (SSSR count). The van der Waals surface area contributed by atoms with Gasteiger partial charge in [-0.05, 0) is 6.07 Å². The summed E-state index contributed by atoms with van der Waals surface area (Å²) in [5.41, 5.74) is 7.79. The number of hydrogen-bond donors (Lipinski definition) is 4. The van der Waals surface area contributed by atoms with Crippen molar-refractivity contribution >= 4 is 22.8 Å². The molecule has 1 saturated heterocycles. The zero-order chi connectivity index (χ0) is 15.1. The minimum atomic E-state index is -1.17. The zero-order valence-electron chi connectivity index (χ0n) is 11.3. The maximum Gasteiger partial charge on any atom is 0.164 e. The second-order valence-electron chi connectivity index (χ2n) is 5.02. The van der Waals surface area contributed by atoms with E-state index in [4.69, 9.17) is 10.5 Å². The molecule has 0 aliphatic carbocycles. The maximum atomic E-state index is 10.1. The first-order chi connectivity index (χ1) is 10.1. The van der Waals surface area contributed by atoms with Crippen LogP contribution in [0, 0.1) is 0 Å². The molecule has 4 atom stereocenters. The van der Waals surface area contributed by atoms with E-state index >= 15 is 0 Å². The minimum Gasteiger partial charge on any atom is -0.398 e. The van der Waals surface area contributed by atoms with Crippen molar-refractivity contribution in [3.63, 3.8) is 0 Å². The first-order valence-corrected chi connectivity index (χ1v) is 6.58. The fourth-order valence-electron chi connectivity index (χ4n) is 2.69. The third kappa shape index (κ3) is 2.02. The Kier molecular flexibility index (Phi) is 3.42. The number of nitrogen functional groups attached to an aromatic ring is 1. The van der Waals surface area contributed by atoms with Gasteiger partial charge in [0.25, 0.3) is 0 Å². The fourth-order valence-corrected chi connectivity index (χ4v) is 2.69. The minimum absolute atomic E-state index is 0.377. The molecule has 0 amide bonds. The van der Waals surface area contributed by atoms with Crippen LogP contribution in [0.1, 0.15) is 11.8 Å². The quantitative estimate of drug-likeness (QED) is 0.626. The van der Waals surface area contributed by atoms with Gasteiger partial charge >= 0.3 is 0 Å². The average Bonchev–Trinajstić information content (AvgIpc) is 2.99. The van der Waals surface area contributed by atoms with E-state index < -0.39 is 24.5 Å². The van der Waals surface area contributed by atoms with E-state index in [-0.39, 0.29) is 6.61 Å². The molecule has 0 bridgehead atoms. The van der Waals surface area contributed by atoms with E-state index in [2.05, 4.69) is 11.6 Å². The normalized spacial score (nSPS) is 29.1. The van der Waals surface area contributed by atoms with E-state index in [0.29, 0.717) is 16.7 Å².